The molecule has 0 aliphatic carbocycles. The summed E-state index contributed by atoms with van der Waals surface area (Å²) in [6.07, 6.45) is 2.79. The Bertz CT molecular complexity index is 667. The molecule has 0 aromatic carbocycles. The fraction of sp³-hybridized carbons (Fsp3) is 0.562. The van der Waals surface area contributed by atoms with E-state index in [0.29, 0.717) is 18.9 Å². The maximum atomic E-state index is 12.3. The molecule has 1 atom stereocenters. The number of likely N-dealkylation sites (tertiary alicyclic amines) is 1. The number of carbonyl (C=O) groups is 1. The van der Waals surface area contributed by atoms with Crippen molar-refractivity contribution in [3.63, 3.8) is 0 Å². The van der Waals surface area contributed by atoms with E-state index in [2.05, 4.69) is 21.7 Å². The van der Waals surface area contributed by atoms with E-state index in [1.54, 1.807) is 11.0 Å². The minimum absolute atomic E-state index is 0.0637. The predicted octanol–water partition coefficient (Wildman–Crippen LogP) is 1.28. The van der Waals surface area contributed by atoms with Crippen molar-refractivity contribution in [3.05, 3.63) is 28.4 Å². The van der Waals surface area contributed by atoms with Crippen molar-refractivity contribution < 1.29 is 9.72 Å². The first kappa shape index (κ1) is 18.6. The number of nitro groups is 1. The van der Waals surface area contributed by atoms with Crippen molar-refractivity contribution in [2.24, 2.45) is 0 Å². The van der Waals surface area contributed by atoms with Gasteiger partial charge in [0.2, 0.25) is 5.91 Å². The number of anilines is 1. The largest absolute Gasteiger partial charge is 0.368 e. The van der Waals surface area contributed by atoms with Gasteiger partial charge in [-0.05, 0) is 32.8 Å². The van der Waals surface area contributed by atoms with Gasteiger partial charge < -0.3 is 15.5 Å². The Morgan fingerprint density at radius 2 is 2.32 bits per heavy atom. The Morgan fingerprint density at radius 1 is 1.56 bits per heavy atom. The normalized spacial score (nSPS) is 17.2. The van der Waals surface area contributed by atoms with Gasteiger partial charge in [-0.15, -0.1) is 0 Å². The van der Waals surface area contributed by atoms with E-state index >= 15 is 0 Å². The molecule has 0 radical (unpaired) electrons. The standard InChI is InChI=1S/C16H22N6O3/c1-16(2,11-19-14-6-5-13(9-18-14)22(24)25)20-10-15(23)21-7-3-4-12(21)8-17/h5-6,9,12,20H,3-4,7,10-11H2,1-2H3,(H,18,19)/t12-/m0/s1. The summed E-state index contributed by atoms with van der Waals surface area (Å²) in [7, 11) is 0. The van der Waals surface area contributed by atoms with Crippen molar-refractivity contribution in [2.45, 2.75) is 38.3 Å². The van der Waals surface area contributed by atoms with Crippen LogP contribution in [0.4, 0.5) is 11.5 Å². The number of nitrogens with zero attached hydrogens (tertiary/aromatic N) is 4. The summed E-state index contributed by atoms with van der Waals surface area (Å²) in [6.45, 7) is 5.13. The Labute approximate surface area is 146 Å². The molecule has 9 nitrogen and oxygen atoms in total. The SMILES string of the molecule is CC(C)(CNc1ccc([N+](=O)[O-])cn1)NCC(=O)N1CCC[C@H]1C#N. The highest BCUT2D eigenvalue weighted by Crippen LogP contribution is 2.16. The highest BCUT2D eigenvalue weighted by Gasteiger charge is 2.29. The monoisotopic (exact) mass is 346 g/mol. The van der Waals surface area contributed by atoms with Gasteiger partial charge in [0, 0.05) is 24.7 Å². The predicted molar refractivity (Wildman–Crippen MR) is 91.8 cm³/mol. The van der Waals surface area contributed by atoms with Crippen LogP contribution < -0.4 is 10.6 Å². The quantitative estimate of drug-likeness (QED) is 0.563. The summed E-state index contributed by atoms with van der Waals surface area (Å²) in [5.74, 6) is 0.446. The molecule has 1 aliphatic rings. The van der Waals surface area contributed by atoms with Gasteiger partial charge in [-0.1, -0.05) is 0 Å². The van der Waals surface area contributed by atoms with Crippen molar-refractivity contribution >= 4 is 17.4 Å². The number of aromatic nitrogens is 1. The van der Waals surface area contributed by atoms with Gasteiger partial charge in [-0.25, -0.2) is 4.98 Å². The molecule has 1 aromatic rings. The number of carbonyl (C=O) groups excluding carboxylic acids is 1. The summed E-state index contributed by atoms with van der Waals surface area (Å²) in [5.41, 5.74) is -0.466. The number of nitrogens with one attached hydrogen (secondary N) is 2. The lowest BCUT2D eigenvalue weighted by atomic mass is 10.1. The van der Waals surface area contributed by atoms with Gasteiger partial charge in [0.25, 0.3) is 5.69 Å². The zero-order valence-electron chi connectivity index (χ0n) is 14.4. The van der Waals surface area contributed by atoms with Gasteiger partial charge >= 0.3 is 0 Å². The molecule has 1 aliphatic heterocycles. The summed E-state index contributed by atoms with van der Waals surface area (Å²) >= 11 is 0. The van der Waals surface area contributed by atoms with Crippen LogP contribution in [0.2, 0.25) is 0 Å². The second-order valence-corrected chi connectivity index (χ2v) is 6.62. The molecular weight excluding hydrogens is 324 g/mol. The first-order valence-corrected chi connectivity index (χ1v) is 8.11. The number of nitriles is 1. The van der Waals surface area contributed by atoms with E-state index in [4.69, 9.17) is 5.26 Å². The molecule has 25 heavy (non-hydrogen) atoms. The first-order valence-electron chi connectivity index (χ1n) is 8.11. The molecule has 0 spiro atoms. The van der Waals surface area contributed by atoms with E-state index in [-0.39, 0.29) is 24.2 Å². The Balaban J connectivity index is 1.82. The fourth-order valence-corrected chi connectivity index (χ4v) is 2.59. The van der Waals surface area contributed by atoms with Crippen LogP contribution in [0.3, 0.4) is 0 Å². The van der Waals surface area contributed by atoms with Crippen molar-refractivity contribution in [1.29, 1.82) is 5.26 Å². The van der Waals surface area contributed by atoms with E-state index in [1.165, 1.54) is 12.3 Å². The summed E-state index contributed by atoms with van der Waals surface area (Å²) in [5, 5.41) is 25.9. The van der Waals surface area contributed by atoms with Gasteiger partial charge in [0.1, 0.15) is 18.1 Å². The molecule has 0 saturated carbocycles. The average Bonchev–Trinajstić information content (AvgIpc) is 3.07. The molecule has 134 valence electrons. The first-order chi connectivity index (χ1) is 11.8. The number of pyridine rings is 1. The van der Waals surface area contributed by atoms with Crippen LogP contribution in [0.5, 0.6) is 0 Å². The average molecular weight is 346 g/mol. The van der Waals surface area contributed by atoms with Crippen LogP contribution in [0.15, 0.2) is 18.3 Å². The lowest BCUT2D eigenvalue weighted by molar-refractivity contribution is -0.385. The van der Waals surface area contributed by atoms with Gasteiger partial charge in [-0.3, -0.25) is 14.9 Å². The second kappa shape index (κ2) is 7.90. The van der Waals surface area contributed by atoms with Crippen molar-refractivity contribution in [3.8, 4) is 6.07 Å². The Hall–Kier alpha value is -2.73. The van der Waals surface area contributed by atoms with E-state index < -0.39 is 10.5 Å². The maximum absolute atomic E-state index is 12.3. The number of hydrogen-bond acceptors (Lipinski definition) is 7. The zero-order valence-corrected chi connectivity index (χ0v) is 14.4. The van der Waals surface area contributed by atoms with Crippen LogP contribution in [0.25, 0.3) is 0 Å². The van der Waals surface area contributed by atoms with Crippen LogP contribution >= 0.6 is 0 Å². The molecule has 2 rings (SSSR count). The van der Waals surface area contributed by atoms with Crippen molar-refractivity contribution in [1.82, 2.24) is 15.2 Å². The molecule has 9 heteroatoms. The molecule has 1 fully saturated rings. The zero-order chi connectivity index (χ0) is 18.4. The highest BCUT2D eigenvalue weighted by atomic mass is 16.6. The van der Waals surface area contributed by atoms with E-state index in [1.807, 2.05) is 13.8 Å². The van der Waals surface area contributed by atoms with Gasteiger partial charge in [-0.2, -0.15) is 5.26 Å². The topological polar surface area (TPSA) is 124 Å². The molecular formula is C16H22N6O3. The lowest BCUT2D eigenvalue weighted by Gasteiger charge is -2.28. The summed E-state index contributed by atoms with van der Waals surface area (Å²) < 4.78 is 0. The van der Waals surface area contributed by atoms with Crippen LogP contribution in [-0.4, -0.2) is 51.9 Å². The molecule has 0 unspecified atom stereocenters. The third kappa shape index (κ3) is 5.12. The molecule has 2 N–H and O–H groups in total. The molecule has 1 saturated heterocycles. The Morgan fingerprint density at radius 3 is 2.92 bits per heavy atom. The fourth-order valence-electron chi connectivity index (χ4n) is 2.59. The number of amides is 1. The van der Waals surface area contributed by atoms with Crippen molar-refractivity contribution in [2.75, 3.05) is 25.0 Å². The molecule has 1 aromatic heterocycles. The Kier molecular flexibility index (Phi) is 5.88. The van der Waals surface area contributed by atoms with Gasteiger partial charge in [0.05, 0.1) is 17.5 Å². The van der Waals surface area contributed by atoms with E-state index in [9.17, 15) is 14.9 Å². The van der Waals surface area contributed by atoms with E-state index in [0.717, 1.165) is 12.8 Å². The maximum Gasteiger partial charge on any atom is 0.287 e. The second-order valence-electron chi connectivity index (χ2n) is 6.62. The molecule has 0 bridgehead atoms. The minimum atomic E-state index is -0.499. The smallest absolute Gasteiger partial charge is 0.287 e. The van der Waals surface area contributed by atoms with Crippen LogP contribution in [-0.2, 0) is 4.79 Å². The van der Waals surface area contributed by atoms with Gasteiger partial charge in [0.15, 0.2) is 0 Å². The third-order valence-electron chi connectivity index (χ3n) is 4.11. The number of rotatable bonds is 7. The van der Waals surface area contributed by atoms with Crippen LogP contribution in [0, 0.1) is 21.4 Å². The lowest BCUT2D eigenvalue weighted by Crippen LogP contribution is -2.50. The number of hydrogen-bond donors (Lipinski definition) is 2. The summed E-state index contributed by atoms with van der Waals surface area (Å²) in [4.78, 5) is 28.0. The highest BCUT2D eigenvalue weighted by molar-refractivity contribution is 5.79. The third-order valence-corrected chi connectivity index (χ3v) is 4.11. The molecule has 1 amide bonds. The molecule has 2 heterocycles. The minimum Gasteiger partial charge on any atom is -0.368 e. The summed E-state index contributed by atoms with van der Waals surface area (Å²) in [6, 6.07) is 4.77. The van der Waals surface area contributed by atoms with Crippen LogP contribution in [0.1, 0.15) is 26.7 Å².